The molecule has 0 unspecified atom stereocenters. The fourth-order valence-corrected chi connectivity index (χ4v) is 2.97. The summed E-state index contributed by atoms with van der Waals surface area (Å²) in [5.74, 6) is 0.943. The van der Waals surface area contributed by atoms with Gasteiger partial charge in [0.15, 0.2) is 0 Å². The number of carbonyl (C=O) groups excluding carboxylic acids is 1. The number of ether oxygens (including phenoxy) is 1. The second-order valence-electron chi connectivity index (χ2n) is 6.89. The summed E-state index contributed by atoms with van der Waals surface area (Å²) < 4.78 is 5.30. The molecule has 4 heteroatoms. The molecular weight excluding hydrogens is 324 g/mol. The molecule has 0 radical (unpaired) electrons. The zero-order valence-electron chi connectivity index (χ0n) is 16.4. The minimum absolute atomic E-state index is 0.0784. The average molecular weight is 354 g/mol. The molecule has 2 aromatic carbocycles. The lowest BCUT2D eigenvalue weighted by Gasteiger charge is -2.27. The van der Waals surface area contributed by atoms with Crippen LogP contribution >= 0.6 is 0 Å². The second kappa shape index (κ2) is 9.39. The first-order valence-corrected chi connectivity index (χ1v) is 9.25. The number of amides is 1. The molecular formula is C22H30N2O2. The first-order valence-electron chi connectivity index (χ1n) is 9.25. The van der Waals surface area contributed by atoms with Crippen LogP contribution in [0.4, 0.5) is 5.69 Å². The van der Waals surface area contributed by atoms with E-state index in [0.717, 1.165) is 6.42 Å². The highest BCUT2D eigenvalue weighted by atomic mass is 16.5. The maximum Gasteiger partial charge on any atom is 0.241 e. The zero-order chi connectivity index (χ0) is 19.1. The number of carbonyl (C=O) groups is 1. The number of hydrogen-bond donors (Lipinski definition) is 2. The molecule has 0 aliphatic heterocycles. The normalized spacial score (nSPS) is 13.3. The summed E-state index contributed by atoms with van der Waals surface area (Å²) >= 11 is 0. The Balaban J connectivity index is 2.08. The summed E-state index contributed by atoms with van der Waals surface area (Å²) in [4.78, 5) is 12.6. The van der Waals surface area contributed by atoms with Gasteiger partial charge in [0.05, 0.1) is 18.8 Å². The van der Waals surface area contributed by atoms with Crippen molar-refractivity contribution >= 4 is 11.6 Å². The third-order valence-corrected chi connectivity index (χ3v) is 4.60. The smallest absolute Gasteiger partial charge is 0.241 e. The molecule has 0 aliphatic rings. The van der Waals surface area contributed by atoms with Crippen molar-refractivity contribution in [1.82, 2.24) is 5.32 Å². The average Bonchev–Trinajstić information content (AvgIpc) is 2.66. The molecule has 0 bridgehead atoms. The summed E-state index contributed by atoms with van der Waals surface area (Å²) in [6.07, 6.45) is 1.03. The lowest BCUT2D eigenvalue weighted by molar-refractivity contribution is -0.118. The Kier molecular flexibility index (Phi) is 7.22. The van der Waals surface area contributed by atoms with Crippen LogP contribution in [0.25, 0.3) is 0 Å². The summed E-state index contributed by atoms with van der Waals surface area (Å²) in [5.41, 5.74) is 3.20. The van der Waals surface area contributed by atoms with E-state index >= 15 is 0 Å². The van der Waals surface area contributed by atoms with Gasteiger partial charge in [-0.2, -0.15) is 0 Å². The maximum atomic E-state index is 12.6. The van der Waals surface area contributed by atoms with E-state index in [1.165, 1.54) is 11.1 Å². The van der Waals surface area contributed by atoms with Gasteiger partial charge in [0.25, 0.3) is 0 Å². The van der Waals surface area contributed by atoms with Gasteiger partial charge in [-0.25, -0.2) is 0 Å². The topological polar surface area (TPSA) is 50.4 Å². The number of rotatable bonds is 8. The number of nitrogens with one attached hydrogen (secondary N) is 2. The molecule has 0 aromatic heterocycles. The van der Waals surface area contributed by atoms with E-state index in [-0.39, 0.29) is 18.0 Å². The van der Waals surface area contributed by atoms with Crippen LogP contribution in [0.1, 0.15) is 44.9 Å². The van der Waals surface area contributed by atoms with Crippen molar-refractivity contribution in [3.63, 3.8) is 0 Å². The molecule has 2 aromatic rings. The van der Waals surface area contributed by atoms with Crippen molar-refractivity contribution < 1.29 is 9.53 Å². The third kappa shape index (κ3) is 5.09. The van der Waals surface area contributed by atoms with Crippen molar-refractivity contribution in [2.24, 2.45) is 5.92 Å². The molecule has 4 nitrogen and oxygen atoms in total. The van der Waals surface area contributed by atoms with E-state index in [0.29, 0.717) is 17.4 Å². The highest BCUT2D eigenvalue weighted by molar-refractivity contribution is 5.95. The van der Waals surface area contributed by atoms with E-state index in [1.54, 1.807) is 7.11 Å². The van der Waals surface area contributed by atoms with Crippen LogP contribution in [0.15, 0.2) is 48.5 Å². The highest BCUT2D eigenvalue weighted by Gasteiger charge is 2.22. The SMILES string of the molecule is CCc1ccc([C@H](N[C@@H](C)C(=O)Nc2ccccc2OC)C(C)C)cc1. The van der Waals surface area contributed by atoms with Gasteiger partial charge in [-0.1, -0.05) is 57.2 Å². The molecule has 0 spiro atoms. The monoisotopic (exact) mass is 354 g/mol. The Morgan fingerprint density at radius 3 is 2.27 bits per heavy atom. The Hall–Kier alpha value is -2.33. The second-order valence-corrected chi connectivity index (χ2v) is 6.89. The van der Waals surface area contributed by atoms with Gasteiger partial charge < -0.3 is 10.1 Å². The number of para-hydroxylation sites is 2. The lowest BCUT2D eigenvalue weighted by atomic mass is 9.94. The van der Waals surface area contributed by atoms with E-state index < -0.39 is 0 Å². The molecule has 0 aliphatic carbocycles. The molecule has 0 saturated heterocycles. The molecule has 0 saturated carbocycles. The Labute approximate surface area is 157 Å². The minimum Gasteiger partial charge on any atom is -0.495 e. The molecule has 26 heavy (non-hydrogen) atoms. The fraction of sp³-hybridized carbons (Fsp3) is 0.409. The van der Waals surface area contributed by atoms with Crippen molar-refractivity contribution in [3.8, 4) is 5.75 Å². The predicted octanol–water partition coefficient (Wildman–Crippen LogP) is 4.57. The summed E-state index contributed by atoms with van der Waals surface area (Å²) in [6.45, 7) is 8.37. The number of benzene rings is 2. The number of aryl methyl sites for hydroxylation is 1. The van der Waals surface area contributed by atoms with Crippen LogP contribution in [0.2, 0.25) is 0 Å². The van der Waals surface area contributed by atoms with Crippen LogP contribution in [-0.2, 0) is 11.2 Å². The molecule has 2 rings (SSSR count). The van der Waals surface area contributed by atoms with Gasteiger partial charge in [-0.3, -0.25) is 10.1 Å². The van der Waals surface area contributed by atoms with Crippen LogP contribution in [0, 0.1) is 5.92 Å². The number of hydrogen-bond acceptors (Lipinski definition) is 3. The molecule has 1 amide bonds. The Morgan fingerprint density at radius 2 is 1.69 bits per heavy atom. The van der Waals surface area contributed by atoms with E-state index in [1.807, 2.05) is 31.2 Å². The van der Waals surface area contributed by atoms with Crippen LogP contribution < -0.4 is 15.4 Å². The van der Waals surface area contributed by atoms with Crippen molar-refractivity contribution in [1.29, 1.82) is 0 Å². The lowest BCUT2D eigenvalue weighted by Crippen LogP contribution is -2.41. The van der Waals surface area contributed by atoms with Gasteiger partial charge in [0, 0.05) is 6.04 Å². The predicted molar refractivity (Wildman–Crippen MR) is 108 cm³/mol. The van der Waals surface area contributed by atoms with E-state index in [9.17, 15) is 4.79 Å². The summed E-state index contributed by atoms with van der Waals surface area (Å²) in [5, 5.41) is 6.42. The van der Waals surface area contributed by atoms with Crippen molar-refractivity contribution in [2.75, 3.05) is 12.4 Å². The standard InChI is InChI=1S/C22H30N2O2/c1-6-17-11-13-18(14-12-17)21(15(2)3)23-16(4)22(25)24-19-9-7-8-10-20(19)26-5/h7-16,21,23H,6H2,1-5H3,(H,24,25)/t16-,21+/m0/s1. The van der Waals surface area contributed by atoms with Gasteiger partial charge in [0.2, 0.25) is 5.91 Å². The Bertz CT molecular complexity index is 710. The molecule has 140 valence electrons. The molecule has 2 N–H and O–H groups in total. The number of methoxy groups -OCH3 is 1. The first-order chi connectivity index (χ1) is 12.5. The van der Waals surface area contributed by atoms with Gasteiger partial charge in [-0.05, 0) is 42.5 Å². The first kappa shape index (κ1) is 20.0. The van der Waals surface area contributed by atoms with Gasteiger partial charge in [0.1, 0.15) is 5.75 Å². The minimum atomic E-state index is -0.335. The third-order valence-electron chi connectivity index (χ3n) is 4.60. The van der Waals surface area contributed by atoms with Crippen LogP contribution in [-0.4, -0.2) is 19.1 Å². The van der Waals surface area contributed by atoms with Crippen LogP contribution in [0.3, 0.4) is 0 Å². The molecule has 2 atom stereocenters. The summed E-state index contributed by atoms with van der Waals surface area (Å²) in [6, 6.07) is 15.8. The zero-order valence-corrected chi connectivity index (χ0v) is 16.4. The van der Waals surface area contributed by atoms with Crippen molar-refractivity contribution in [2.45, 2.75) is 46.2 Å². The van der Waals surface area contributed by atoms with Crippen LogP contribution in [0.5, 0.6) is 5.75 Å². The molecule has 0 fully saturated rings. The van der Waals surface area contributed by atoms with Gasteiger partial charge in [-0.15, -0.1) is 0 Å². The number of anilines is 1. The fourth-order valence-electron chi connectivity index (χ4n) is 2.97. The summed E-state index contributed by atoms with van der Waals surface area (Å²) in [7, 11) is 1.60. The van der Waals surface area contributed by atoms with Crippen molar-refractivity contribution in [3.05, 3.63) is 59.7 Å². The largest absolute Gasteiger partial charge is 0.495 e. The molecule has 0 heterocycles. The Morgan fingerprint density at radius 1 is 1.04 bits per heavy atom. The maximum absolute atomic E-state index is 12.6. The van der Waals surface area contributed by atoms with E-state index in [4.69, 9.17) is 4.74 Å². The highest BCUT2D eigenvalue weighted by Crippen LogP contribution is 2.25. The van der Waals surface area contributed by atoms with Gasteiger partial charge >= 0.3 is 0 Å². The quantitative estimate of drug-likeness (QED) is 0.730. The van der Waals surface area contributed by atoms with E-state index in [2.05, 4.69) is 55.7 Å².